The SMILES string of the molecule is CC(C)C1C(=O)N(Cc2ccc(Cl)cc2)Cc2cncn21. The lowest BCUT2D eigenvalue weighted by Crippen LogP contribution is -2.43. The van der Waals surface area contributed by atoms with Gasteiger partial charge in [0.1, 0.15) is 6.04 Å². The zero-order valence-electron chi connectivity index (χ0n) is 12.2. The summed E-state index contributed by atoms with van der Waals surface area (Å²) < 4.78 is 2.01. The van der Waals surface area contributed by atoms with Crippen LogP contribution in [0, 0.1) is 5.92 Å². The van der Waals surface area contributed by atoms with Crippen LogP contribution in [0.25, 0.3) is 0 Å². The summed E-state index contributed by atoms with van der Waals surface area (Å²) in [6.07, 6.45) is 3.61. The standard InChI is InChI=1S/C16H18ClN3O/c1-11(2)15-16(21)19(9-14-7-18-10-20(14)15)8-12-3-5-13(17)6-4-12/h3-7,10-11,15H,8-9H2,1-2H3. The molecule has 0 spiro atoms. The number of aromatic nitrogens is 2. The van der Waals surface area contributed by atoms with Crippen molar-refractivity contribution in [1.82, 2.24) is 14.5 Å². The molecular formula is C16H18ClN3O. The van der Waals surface area contributed by atoms with E-state index in [9.17, 15) is 4.79 Å². The number of fused-ring (bicyclic) bond motifs is 1. The number of hydrogen-bond acceptors (Lipinski definition) is 2. The molecule has 1 amide bonds. The van der Waals surface area contributed by atoms with Crippen LogP contribution in [-0.4, -0.2) is 20.4 Å². The Hall–Kier alpha value is -1.81. The third-order valence-electron chi connectivity index (χ3n) is 3.88. The summed E-state index contributed by atoms with van der Waals surface area (Å²) in [6.45, 7) is 5.34. The predicted octanol–water partition coefficient (Wildman–Crippen LogP) is 3.28. The van der Waals surface area contributed by atoms with E-state index in [0.717, 1.165) is 11.3 Å². The summed E-state index contributed by atoms with van der Waals surface area (Å²) in [7, 11) is 0. The molecule has 3 rings (SSSR count). The third kappa shape index (κ3) is 2.68. The summed E-state index contributed by atoms with van der Waals surface area (Å²) in [4.78, 5) is 18.8. The van der Waals surface area contributed by atoms with E-state index in [-0.39, 0.29) is 17.9 Å². The first-order chi connectivity index (χ1) is 10.1. The molecule has 4 nitrogen and oxygen atoms in total. The number of imidazole rings is 1. The van der Waals surface area contributed by atoms with Crippen molar-refractivity contribution >= 4 is 17.5 Å². The largest absolute Gasteiger partial charge is 0.331 e. The number of amides is 1. The number of carbonyl (C=O) groups is 1. The molecule has 0 aliphatic carbocycles. The molecule has 0 radical (unpaired) electrons. The van der Waals surface area contributed by atoms with Gasteiger partial charge in [0.25, 0.3) is 0 Å². The average molecular weight is 304 g/mol. The summed E-state index contributed by atoms with van der Waals surface area (Å²) in [6, 6.07) is 7.48. The lowest BCUT2D eigenvalue weighted by Gasteiger charge is -2.35. The zero-order valence-corrected chi connectivity index (χ0v) is 12.9. The molecule has 21 heavy (non-hydrogen) atoms. The Morgan fingerprint density at radius 3 is 2.71 bits per heavy atom. The van der Waals surface area contributed by atoms with E-state index in [1.165, 1.54) is 0 Å². The van der Waals surface area contributed by atoms with Gasteiger partial charge in [0, 0.05) is 17.8 Å². The van der Waals surface area contributed by atoms with Gasteiger partial charge in [-0.25, -0.2) is 4.98 Å². The van der Waals surface area contributed by atoms with Crippen molar-refractivity contribution in [3.8, 4) is 0 Å². The molecule has 0 saturated heterocycles. The zero-order chi connectivity index (χ0) is 15.0. The molecule has 0 fully saturated rings. The number of halogens is 1. The maximum atomic E-state index is 12.8. The van der Waals surface area contributed by atoms with Crippen LogP contribution in [0.15, 0.2) is 36.8 Å². The Kier molecular flexibility index (Phi) is 3.72. The number of nitrogens with zero attached hydrogens (tertiary/aromatic N) is 3. The van der Waals surface area contributed by atoms with Crippen molar-refractivity contribution in [3.05, 3.63) is 53.1 Å². The van der Waals surface area contributed by atoms with Gasteiger partial charge in [-0.05, 0) is 23.6 Å². The Balaban J connectivity index is 1.87. The lowest BCUT2D eigenvalue weighted by atomic mass is 9.99. The highest BCUT2D eigenvalue weighted by molar-refractivity contribution is 6.30. The van der Waals surface area contributed by atoms with Crippen molar-refractivity contribution in [2.45, 2.75) is 33.0 Å². The maximum absolute atomic E-state index is 12.8. The van der Waals surface area contributed by atoms with Crippen molar-refractivity contribution in [3.63, 3.8) is 0 Å². The summed E-state index contributed by atoms with van der Waals surface area (Å²) in [5.41, 5.74) is 2.17. The van der Waals surface area contributed by atoms with E-state index < -0.39 is 0 Å². The molecule has 1 aliphatic heterocycles. The molecule has 2 aromatic rings. The third-order valence-corrected chi connectivity index (χ3v) is 4.13. The Morgan fingerprint density at radius 1 is 1.33 bits per heavy atom. The van der Waals surface area contributed by atoms with Crippen LogP contribution in [0.2, 0.25) is 5.02 Å². The van der Waals surface area contributed by atoms with Crippen molar-refractivity contribution in [2.24, 2.45) is 5.92 Å². The van der Waals surface area contributed by atoms with Gasteiger partial charge in [-0.15, -0.1) is 0 Å². The van der Waals surface area contributed by atoms with Crippen molar-refractivity contribution in [1.29, 1.82) is 0 Å². The normalized spacial score (nSPS) is 18.2. The first-order valence-corrected chi connectivity index (χ1v) is 7.48. The van der Waals surface area contributed by atoms with Gasteiger partial charge in [0.15, 0.2) is 0 Å². The Bertz CT molecular complexity index is 648. The average Bonchev–Trinajstić information content (AvgIpc) is 2.89. The van der Waals surface area contributed by atoms with Crippen LogP contribution in [0.4, 0.5) is 0 Å². The van der Waals surface area contributed by atoms with Gasteiger partial charge in [-0.3, -0.25) is 4.79 Å². The van der Waals surface area contributed by atoms with Crippen LogP contribution >= 0.6 is 11.6 Å². The molecule has 0 saturated carbocycles. The van der Waals surface area contributed by atoms with E-state index in [4.69, 9.17) is 11.6 Å². The highest BCUT2D eigenvalue weighted by Crippen LogP contribution is 2.29. The fraction of sp³-hybridized carbons (Fsp3) is 0.375. The minimum Gasteiger partial charge on any atom is -0.331 e. The summed E-state index contributed by atoms with van der Waals surface area (Å²) in [5, 5.41) is 0.710. The molecule has 1 aliphatic rings. The monoisotopic (exact) mass is 303 g/mol. The molecule has 2 heterocycles. The molecule has 5 heteroatoms. The summed E-state index contributed by atoms with van der Waals surface area (Å²) in [5.74, 6) is 0.393. The molecule has 0 bridgehead atoms. The van der Waals surface area contributed by atoms with Crippen molar-refractivity contribution in [2.75, 3.05) is 0 Å². The second kappa shape index (κ2) is 5.53. The lowest BCUT2D eigenvalue weighted by molar-refractivity contribution is -0.139. The molecule has 1 aromatic carbocycles. The van der Waals surface area contributed by atoms with E-state index in [0.29, 0.717) is 18.1 Å². The van der Waals surface area contributed by atoms with Crippen molar-refractivity contribution < 1.29 is 4.79 Å². The van der Waals surface area contributed by atoms with Gasteiger partial charge >= 0.3 is 0 Å². The van der Waals surface area contributed by atoms with Gasteiger partial charge in [0.2, 0.25) is 5.91 Å². The van der Waals surface area contributed by atoms with E-state index in [1.54, 1.807) is 6.33 Å². The Morgan fingerprint density at radius 2 is 2.05 bits per heavy atom. The number of hydrogen-bond donors (Lipinski definition) is 0. The molecular weight excluding hydrogens is 286 g/mol. The quantitative estimate of drug-likeness (QED) is 0.873. The van der Waals surface area contributed by atoms with E-state index in [1.807, 2.05) is 39.9 Å². The highest BCUT2D eigenvalue weighted by atomic mass is 35.5. The van der Waals surface area contributed by atoms with Gasteiger partial charge in [-0.1, -0.05) is 37.6 Å². The fourth-order valence-corrected chi connectivity index (χ4v) is 2.96. The summed E-state index contributed by atoms with van der Waals surface area (Å²) >= 11 is 5.91. The second-order valence-electron chi connectivity index (χ2n) is 5.80. The van der Waals surface area contributed by atoms with E-state index in [2.05, 4.69) is 18.8 Å². The van der Waals surface area contributed by atoms with Crippen LogP contribution in [-0.2, 0) is 17.9 Å². The minimum absolute atomic E-state index is 0.158. The molecule has 110 valence electrons. The highest BCUT2D eigenvalue weighted by Gasteiger charge is 2.34. The van der Waals surface area contributed by atoms with E-state index >= 15 is 0 Å². The maximum Gasteiger partial charge on any atom is 0.246 e. The van der Waals surface area contributed by atoms with Gasteiger partial charge in [-0.2, -0.15) is 0 Å². The smallest absolute Gasteiger partial charge is 0.246 e. The molecule has 1 atom stereocenters. The van der Waals surface area contributed by atoms with Gasteiger partial charge in [0.05, 0.1) is 18.6 Å². The molecule has 1 aromatic heterocycles. The van der Waals surface area contributed by atoms with Crippen LogP contribution in [0.5, 0.6) is 0 Å². The second-order valence-corrected chi connectivity index (χ2v) is 6.24. The fourth-order valence-electron chi connectivity index (χ4n) is 2.83. The molecule has 1 unspecified atom stereocenters. The minimum atomic E-state index is -0.163. The molecule has 0 N–H and O–H groups in total. The van der Waals surface area contributed by atoms with Crippen LogP contribution in [0.1, 0.15) is 31.1 Å². The number of carbonyl (C=O) groups excluding carboxylic acids is 1. The Labute approximate surface area is 129 Å². The van der Waals surface area contributed by atoms with Gasteiger partial charge < -0.3 is 9.47 Å². The van der Waals surface area contributed by atoms with Crippen LogP contribution in [0.3, 0.4) is 0 Å². The topological polar surface area (TPSA) is 38.1 Å². The number of benzene rings is 1. The predicted molar refractivity (Wildman–Crippen MR) is 81.8 cm³/mol. The first-order valence-electron chi connectivity index (χ1n) is 7.10. The number of rotatable bonds is 3. The first kappa shape index (κ1) is 14.1. The van der Waals surface area contributed by atoms with Crippen LogP contribution < -0.4 is 0 Å².